The van der Waals surface area contributed by atoms with Crippen LogP contribution in [0.4, 0.5) is 5.69 Å². The smallest absolute Gasteiger partial charge is 0.338 e. The number of hydrogen-bond acceptors (Lipinski definition) is 6. The molecule has 1 atom stereocenters. The van der Waals surface area contributed by atoms with Crippen LogP contribution in [0.1, 0.15) is 43.8 Å². The zero-order valence-electron chi connectivity index (χ0n) is 18.7. The summed E-state index contributed by atoms with van der Waals surface area (Å²) in [6.07, 6.45) is 0.363. The molecule has 0 spiro atoms. The van der Waals surface area contributed by atoms with Crippen LogP contribution in [-0.4, -0.2) is 34.7 Å². The lowest BCUT2D eigenvalue weighted by Gasteiger charge is -2.15. The van der Waals surface area contributed by atoms with Crippen molar-refractivity contribution in [2.24, 2.45) is 0 Å². The van der Waals surface area contributed by atoms with Gasteiger partial charge in [-0.1, -0.05) is 36.4 Å². The fraction of sp³-hybridized carbons (Fsp3) is 0.111. The number of furan rings is 1. The molecule has 5 rings (SSSR count). The Kier molecular flexibility index (Phi) is 5.62. The number of hydrogen-bond donors (Lipinski definition) is 1. The van der Waals surface area contributed by atoms with Crippen molar-refractivity contribution in [3.8, 4) is 0 Å². The van der Waals surface area contributed by atoms with Gasteiger partial charge in [0, 0.05) is 11.1 Å². The first-order chi connectivity index (χ1) is 16.9. The van der Waals surface area contributed by atoms with Gasteiger partial charge in [0.05, 0.1) is 29.5 Å². The van der Waals surface area contributed by atoms with Gasteiger partial charge in [-0.25, -0.2) is 4.79 Å². The lowest BCUT2D eigenvalue weighted by atomic mass is 10.1. The van der Waals surface area contributed by atoms with Crippen molar-refractivity contribution in [2.45, 2.75) is 19.6 Å². The second kappa shape index (κ2) is 8.90. The Morgan fingerprint density at radius 3 is 2.51 bits per heavy atom. The largest absolute Gasteiger partial charge is 0.467 e. The minimum absolute atomic E-state index is 0.00942. The van der Waals surface area contributed by atoms with E-state index < -0.39 is 29.8 Å². The van der Waals surface area contributed by atoms with Crippen molar-refractivity contribution in [1.82, 2.24) is 4.90 Å². The van der Waals surface area contributed by atoms with Gasteiger partial charge in [-0.15, -0.1) is 0 Å². The first-order valence-corrected chi connectivity index (χ1v) is 10.9. The first kappa shape index (κ1) is 22.1. The maximum Gasteiger partial charge on any atom is 0.338 e. The highest BCUT2D eigenvalue weighted by atomic mass is 16.5. The summed E-state index contributed by atoms with van der Waals surface area (Å²) in [5.74, 6) is -1.81. The number of carbonyl (C=O) groups excluding carboxylic acids is 4. The van der Waals surface area contributed by atoms with E-state index in [-0.39, 0.29) is 23.2 Å². The van der Waals surface area contributed by atoms with E-state index in [1.54, 1.807) is 18.2 Å². The fourth-order valence-corrected chi connectivity index (χ4v) is 3.97. The van der Waals surface area contributed by atoms with E-state index in [0.29, 0.717) is 11.4 Å². The Morgan fingerprint density at radius 2 is 1.71 bits per heavy atom. The van der Waals surface area contributed by atoms with Crippen LogP contribution in [0.2, 0.25) is 0 Å². The number of amides is 3. The number of ether oxygens (including phenoxy) is 1. The number of carbonyl (C=O) groups is 4. The molecule has 0 radical (unpaired) electrons. The van der Waals surface area contributed by atoms with Crippen LogP contribution in [0.5, 0.6) is 0 Å². The van der Waals surface area contributed by atoms with Crippen LogP contribution in [0, 0.1) is 0 Å². The minimum atomic E-state index is -1.09. The van der Waals surface area contributed by atoms with Crippen LogP contribution in [-0.2, 0) is 16.1 Å². The van der Waals surface area contributed by atoms with Gasteiger partial charge in [-0.3, -0.25) is 19.3 Å². The summed E-state index contributed by atoms with van der Waals surface area (Å²) in [5.41, 5.74) is 0.965. The van der Waals surface area contributed by atoms with Crippen molar-refractivity contribution in [1.29, 1.82) is 0 Å². The molecule has 0 fully saturated rings. The van der Waals surface area contributed by atoms with E-state index in [0.717, 1.165) is 15.7 Å². The molecule has 3 aromatic carbocycles. The number of esters is 1. The van der Waals surface area contributed by atoms with Crippen molar-refractivity contribution in [3.05, 3.63) is 102 Å². The van der Waals surface area contributed by atoms with Crippen LogP contribution in [0.25, 0.3) is 10.8 Å². The summed E-state index contributed by atoms with van der Waals surface area (Å²) in [6, 6.07) is 20.6. The Hall–Kier alpha value is -4.72. The van der Waals surface area contributed by atoms with Crippen molar-refractivity contribution in [2.75, 3.05) is 5.32 Å². The van der Waals surface area contributed by atoms with E-state index in [9.17, 15) is 19.2 Å². The molecule has 8 nitrogen and oxygen atoms in total. The molecule has 1 aliphatic heterocycles. The average molecular weight is 468 g/mol. The monoisotopic (exact) mass is 468 g/mol. The van der Waals surface area contributed by atoms with Crippen LogP contribution in [0.3, 0.4) is 0 Å². The molecular weight excluding hydrogens is 448 g/mol. The highest BCUT2D eigenvalue weighted by Gasteiger charge is 2.36. The van der Waals surface area contributed by atoms with E-state index in [1.807, 2.05) is 36.4 Å². The maximum atomic E-state index is 12.8. The first-order valence-electron chi connectivity index (χ1n) is 10.9. The molecular formula is C27H20N2O6. The number of nitrogens with zero attached hydrogens (tertiary/aromatic N) is 1. The van der Waals surface area contributed by atoms with Crippen LogP contribution < -0.4 is 5.32 Å². The number of nitrogens with one attached hydrogen (secondary N) is 1. The number of fused-ring (bicyclic) bond motifs is 2. The maximum absolute atomic E-state index is 12.8. The molecule has 2 heterocycles. The molecule has 8 heteroatoms. The predicted octanol–water partition coefficient (Wildman–Crippen LogP) is 4.41. The highest BCUT2D eigenvalue weighted by Crippen LogP contribution is 2.27. The van der Waals surface area contributed by atoms with Crippen molar-refractivity contribution in [3.63, 3.8) is 0 Å². The quantitative estimate of drug-likeness (QED) is 0.332. The zero-order valence-corrected chi connectivity index (χ0v) is 18.7. The Balaban J connectivity index is 1.28. The van der Waals surface area contributed by atoms with Gasteiger partial charge in [0.25, 0.3) is 17.7 Å². The molecule has 0 saturated carbocycles. The molecule has 0 saturated heterocycles. The molecule has 0 bridgehead atoms. The van der Waals surface area contributed by atoms with E-state index >= 15 is 0 Å². The lowest BCUT2D eigenvalue weighted by molar-refractivity contribution is -0.123. The number of imide groups is 1. The summed E-state index contributed by atoms with van der Waals surface area (Å²) in [4.78, 5) is 51.9. The summed E-state index contributed by atoms with van der Waals surface area (Å²) in [6.45, 7) is 1.45. The third kappa shape index (κ3) is 4.17. The lowest BCUT2D eigenvalue weighted by Crippen LogP contribution is -2.30. The van der Waals surface area contributed by atoms with Gasteiger partial charge in [0.15, 0.2) is 6.10 Å². The molecule has 1 aliphatic rings. The van der Waals surface area contributed by atoms with E-state index in [4.69, 9.17) is 9.15 Å². The number of rotatable bonds is 6. The molecule has 0 aliphatic carbocycles. The molecule has 4 aromatic rings. The molecule has 3 amide bonds. The molecule has 1 unspecified atom stereocenters. The summed E-state index contributed by atoms with van der Waals surface area (Å²) in [5, 5.41) is 4.62. The molecule has 174 valence electrons. The third-order valence-corrected chi connectivity index (χ3v) is 5.80. The predicted molar refractivity (Wildman–Crippen MR) is 127 cm³/mol. The zero-order chi connectivity index (χ0) is 24.5. The van der Waals surface area contributed by atoms with Crippen LogP contribution >= 0.6 is 0 Å². The van der Waals surface area contributed by atoms with Gasteiger partial charge in [-0.05, 0) is 48.7 Å². The van der Waals surface area contributed by atoms with Crippen LogP contribution in [0.15, 0.2) is 83.5 Å². The average Bonchev–Trinajstić information content (AvgIpc) is 3.47. The molecule has 1 N–H and O–H groups in total. The molecule has 35 heavy (non-hydrogen) atoms. The van der Waals surface area contributed by atoms with Gasteiger partial charge in [0.1, 0.15) is 5.76 Å². The van der Waals surface area contributed by atoms with Gasteiger partial charge < -0.3 is 14.5 Å². The number of anilines is 1. The summed E-state index contributed by atoms with van der Waals surface area (Å²) < 4.78 is 10.6. The normalized spacial score (nSPS) is 13.6. The van der Waals surface area contributed by atoms with Crippen molar-refractivity contribution < 1.29 is 28.3 Å². The number of benzene rings is 3. The minimum Gasteiger partial charge on any atom is -0.467 e. The summed E-state index contributed by atoms with van der Waals surface area (Å²) in [7, 11) is 0. The van der Waals surface area contributed by atoms with Gasteiger partial charge >= 0.3 is 5.97 Å². The standard InChI is InChI=1S/C27H20N2O6/c1-16(24(30)28-23-10-4-7-17-6-2-3-9-20(17)23)35-27(33)18-11-12-21-22(14-18)26(32)29(25(21)31)15-19-8-5-13-34-19/h2-14,16H,15H2,1H3,(H,28,30). The highest BCUT2D eigenvalue weighted by molar-refractivity contribution is 6.21. The van der Waals surface area contributed by atoms with Gasteiger partial charge in [0.2, 0.25) is 0 Å². The van der Waals surface area contributed by atoms with E-state index in [1.165, 1.54) is 31.4 Å². The topological polar surface area (TPSA) is 106 Å². The molecule has 1 aromatic heterocycles. The third-order valence-electron chi connectivity index (χ3n) is 5.80. The van der Waals surface area contributed by atoms with Crippen molar-refractivity contribution >= 4 is 40.2 Å². The summed E-state index contributed by atoms with van der Waals surface area (Å²) >= 11 is 0. The second-order valence-corrected chi connectivity index (χ2v) is 8.10. The Bertz CT molecular complexity index is 1470. The van der Waals surface area contributed by atoms with Gasteiger partial charge in [-0.2, -0.15) is 0 Å². The Labute approximate surface area is 200 Å². The van der Waals surface area contributed by atoms with E-state index in [2.05, 4.69) is 5.32 Å². The fourth-order valence-electron chi connectivity index (χ4n) is 3.97. The second-order valence-electron chi connectivity index (χ2n) is 8.10. The Morgan fingerprint density at radius 1 is 0.943 bits per heavy atom. The SMILES string of the molecule is CC(OC(=O)c1ccc2c(c1)C(=O)N(Cc1ccco1)C2=O)C(=O)Nc1cccc2ccccc12.